The van der Waals surface area contributed by atoms with Crippen LogP contribution in [0.2, 0.25) is 0 Å². The molecule has 0 fully saturated rings. The van der Waals surface area contributed by atoms with Gasteiger partial charge in [0.2, 0.25) is 0 Å². The Hall–Kier alpha value is -1.94. The third kappa shape index (κ3) is 3.09. The molecule has 0 saturated heterocycles. The Morgan fingerprint density at radius 3 is 2.68 bits per heavy atom. The molecule has 0 atom stereocenters. The molecule has 0 bridgehead atoms. The average Bonchev–Trinajstić information content (AvgIpc) is 2.39. The smallest absolute Gasteiger partial charge is 0.151 e. The van der Waals surface area contributed by atoms with Crippen LogP contribution in [0.15, 0.2) is 30.6 Å². The van der Waals surface area contributed by atoms with Gasteiger partial charge in [0, 0.05) is 25.5 Å². The maximum atomic E-state index is 4.60. The van der Waals surface area contributed by atoms with Crippen LogP contribution in [0.5, 0.6) is 0 Å². The van der Waals surface area contributed by atoms with Crippen LogP contribution in [-0.4, -0.2) is 24.1 Å². The Morgan fingerprint density at radius 2 is 2.00 bits per heavy atom. The van der Waals surface area contributed by atoms with Crippen molar-refractivity contribution in [1.29, 1.82) is 0 Å². The van der Waals surface area contributed by atoms with E-state index in [2.05, 4.69) is 52.2 Å². The molecule has 1 heterocycles. The van der Waals surface area contributed by atoms with E-state index in [4.69, 9.17) is 0 Å². The SMILES string of the molecule is CNCc1cncc(N(C)c2ccc(C)cc2C)n1. The van der Waals surface area contributed by atoms with Gasteiger partial charge in [0.15, 0.2) is 5.82 Å². The number of benzene rings is 1. The third-order valence-electron chi connectivity index (χ3n) is 3.09. The summed E-state index contributed by atoms with van der Waals surface area (Å²) in [6.45, 7) is 4.94. The molecule has 0 aliphatic rings. The minimum atomic E-state index is 0.724. The summed E-state index contributed by atoms with van der Waals surface area (Å²) in [6, 6.07) is 6.41. The van der Waals surface area contributed by atoms with Crippen molar-refractivity contribution in [2.75, 3.05) is 19.0 Å². The summed E-state index contributed by atoms with van der Waals surface area (Å²) in [7, 11) is 3.92. The molecular formula is C15H20N4. The fourth-order valence-electron chi connectivity index (χ4n) is 2.13. The molecule has 1 aromatic heterocycles. The summed E-state index contributed by atoms with van der Waals surface area (Å²) in [5, 5.41) is 3.09. The second-order valence-corrected chi connectivity index (χ2v) is 4.75. The lowest BCUT2D eigenvalue weighted by Crippen LogP contribution is -2.15. The van der Waals surface area contributed by atoms with Crippen molar-refractivity contribution in [2.24, 2.45) is 0 Å². The van der Waals surface area contributed by atoms with Crippen molar-refractivity contribution in [2.45, 2.75) is 20.4 Å². The molecule has 0 aliphatic heterocycles. The summed E-state index contributed by atoms with van der Waals surface area (Å²) in [6.07, 6.45) is 3.58. The first-order valence-electron chi connectivity index (χ1n) is 6.38. The van der Waals surface area contributed by atoms with Crippen LogP contribution in [0.25, 0.3) is 0 Å². The van der Waals surface area contributed by atoms with E-state index in [9.17, 15) is 0 Å². The molecule has 0 spiro atoms. The lowest BCUT2D eigenvalue weighted by Gasteiger charge is -2.21. The summed E-state index contributed by atoms with van der Waals surface area (Å²) in [5.41, 5.74) is 4.60. The van der Waals surface area contributed by atoms with E-state index >= 15 is 0 Å². The number of anilines is 2. The van der Waals surface area contributed by atoms with Gasteiger partial charge in [-0.2, -0.15) is 0 Å². The maximum Gasteiger partial charge on any atom is 0.151 e. The molecule has 0 saturated carbocycles. The lowest BCUT2D eigenvalue weighted by atomic mass is 10.1. The number of nitrogens with zero attached hydrogens (tertiary/aromatic N) is 3. The van der Waals surface area contributed by atoms with Gasteiger partial charge >= 0.3 is 0 Å². The van der Waals surface area contributed by atoms with Crippen LogP contribution >= 0.6 is 0 Å². The Kier molecular flexibility index (Phi) is 4.12. The number of nitrogens with one attached hydrogen (secondary N) is 1. The first-order valence-corrected chi connectivity index (χ1v) is 6.38. The van der Waals surface area contributed by atoms with Gasteiger partial charge in [0.25, 0.3) is 0 Å². The van der Waals surface area contributed by atoms with Crippen LogP contribution in [0.1, 0.15) is 16.8 Å². The van der Waals surface area contributed by atoms with Crippen LogP contribution in [-0.2, 0) is 6.54 Å². The monoisotopic (exact) mass is 256 g/mol. The number of aromatic nitrogens is 2. The van der Waals surface area contributed by atoms with Gasteiger partial charge in [-0.15, -0.1) is 0 Å². The molecular weight excluding hydrogens is 236 g/mol. The second kappa shape index (κ2) is 5.80. The molecule has 1 aromatic carbocycles. The van der Waals surface area contributed by atoms with E-state index in [0.717, 1.165) is 23.7 Å². The largest absolute Gasteiger partial charge is 0.328 e. The van der Waals surface area contributed by atoms with Crippen molar-refractivity contribution >= 4 is 11.5 Å². The second-order valence-electron chi connectivity index (χ2n) is 4.75. The number of aryl methyl sites for hydroxylation is 2. The zero-order valence-corrected chi connectivity index (χ0v) is 11.9. The lowest BCUT2D eigenvalue weighted by molar-refractivity contribution is 0.783. The maximum absolute atomic E-state index is 4.60. The predicted octanol–water partition coefficient (Wildman–Crippen LogP) is 2.58. The molecule has 0 radical (unpaired) electrons. The highest BCUT2D eigenvalue weighted by molar-refractivity contribution is 5.62. The Bertz CT molecular complexity index is 566. The van der Waals surface area contributed by atoms with E-state index in [1.54, 1.807) is 12.4 Å². The van der Waals surface area contributed by atoms with Gasteiger partial charge in [-0.3, -0.25) is 4.98 Å². The highest BCUT2D eigenvalue weighted by atomic mass is 15.2. The normalized spacial score (nSPS) is 10.5. The van der Waals surface area contributed by atoms with Gasteiger partial charge in [0.05, 0.1) is 11.9 Å². The molecule has 100 valence electrons. The summed E-state index contributed by atoms with van der Waals surface area (Å²) >= 11 is 0. The van der Waals surface area contributed by atoms with Gasteiger partial charge in [-0.1, -0.05) is 17.7 Å². The Balaban J connectivity index is 2.32. The van der Waals surface area contributed by atoms with E-state index in [0.29, 0.717) is 0 Å². The minimum Gasteiger partial charge on any atom is -0.328 e. The fourth-order valence-corrected chi connectivity index (χ4v) is 2.13. The topological polar surface area (TPSA) is 41.1 Å². The van der Waals surface area contributed by atoms with Gasteiger partial charge in [0.1, 0.15) is 0 Å². The zero-order valence-electron chi connectivity index (χ0n) is 11.9. The van der Waals surface area contributed by atoms with Gasteiger partial charge in [-0.05, 0) is 32.5 Å². The van der Waals surface area contributed by atoms with Crippen molar-refractivity contribution in [3.05, 3.63) is 47.4 Å². The molecule has 0 aliphatic carbocycles. The number of rotatable bonds is 4. The average molecular weight is 256 g/mol. The molecule has 4 nitrogen and oxygen atoms in total. The summed E-state index contributed by atoms with van der Waals surface area (Å²) < 4.78 is 0. The zero-order chi connectivity index (χ0) is 13.8. The minimum absolute atomic E-state index is 0.724. The molecule has 19 heavy (non-hydrogen) atoms. The van der Waals surface area contributed by atoms with Crippen LogP contribution < -0.4 is 10.2 Å². The molecule has 1 N–H and O–H groups in total. The number of hydrogen-bond acceptors (Lipinski definition) is 4. The molecule has 4 heteroatoms. The van der Waals surface area contributed by atoms with Crippen LogP contribution in [0.3, 0.4) is 0 Å². The molecule has 2 rings (SSSR count). The van der Waals surface area contributed by atoms with E-state index in [1.165, 1.54) is 11.1 Å². The first-order chi connectivity index (χ1) is 9.11. The van der Waals surface area contributed by atoms with Gasteiger partial charge < -0.3 is 10.2 Å². The van der Waals surface area contributed by atoms with Crippen molar-refractivity contribution in [3.8, 4) is 0 Å². The van der Waals surface area contributed by atoms with E-state index in [1.807, 2.05) is 14.1 Å². The third-order valence-corrected chi connectivity index (χ3v) is 3.09. The van der Waals surface area contributed by atoms with Crippen molar-refractivity contribution in [3.63, 3.8) is 0 Å². The Labute approximate surface area is 114 Å². The molecule has 0 amide bonds. The van der Waals surface area contributed by atoms with E-state index in [-0.39, 0.29) is 0 Å². The van der Waals surface area contributed by atoms with Crippen LogP contribution in [0, 0.1) is 13.8 Å². The predicted molar refractivity (Wildman–Crippen MR) is 78.8 cm³/mol. The quantitative estimate of drug-likeness (QED) is 0.913. The van der Waals surface area contributed by atoms with Gasteiger partial charge in [-0.25, -0.2) is 4.98 Å². The first kappa shape index (κ1) is 13.5. The highest BCUT2D eigenvalue weighted by Gasteiger charge is 2.09. The fraction of sp³-hybridized carbons (Fsp3) is 0.333. The standard InChI is InChI=1S/C15H20N4/c1-11-5-6-14(12(2)7-11)19(4)15-10-17-9-13(18-15)8-16-3/h5-7,9-10,16H,8H2,1-4H3. The molecule has 2 aromatic rings. The summed E-state index contributed by atoms with van der Waals surface area (Å²) in [4.78, 5) is 10.9. The van der Waals surface area contributed by atoms with Crippen molar-refractivity contribution < 1.29 is 0 Å². The highest BCUT2D eigenvalue weighted by Crippen LogP contribution is 2.25. The van der Waals surface area contributed by atoms with E-state index < -0.39 is 0 Å². The summed E-state index contributed by atoms with van der Waals surface area (Å²) in [5.74, 6) is 0.861. The molecule has 0 unspecified atom stereocenters. The van der Waals surface area contributed by atoms with Crippen molar-refractivity contribution in [1.82, 2.24) is 15.3 Å². The van der Waals surface area contributed by atoms with Crippen LogP contribution in [0.4, 0.5) is 11.5 Å². The Morgan fingerprint density at radius 1 is 1.21 bits per heavy atom. The number of hydrogen-bond donors (Lipinski definition) is 1.